The van der Waals surface area contributed by atoms with Gasteiger partial charge in [-0.1, -0.05) is 39.5 Å². The SMILES string of the molecule is CC1(C)C(NC(=O)c2ccc(C#CCCO)s2)C1(C)C. The second kappa shape index (κ2) is 5.23. The third kappa shape index (κ3) is 2.61. The number of rotatable bonds is 3. The van der Waals surface area contributed by atoms with E-state index in [9.17, 15) is 4.79 Å². The van der Waals surface area contributed by atoms with Gasteiger partial charge in [-0.3, -0.25) is 4.79 Å². The maximum atomic E-state index is 12.2. The largest absolute Gasteiger partial charge is 0.395 e. The summed E-state index contributed by atoms with van der Waals surface area (Å²) in [6.07, 6.45) is 0.462. The van der Waals surface area contributed by atoms with Crippen molar-refractivity contribution in [1.29, 1.82) is 0 Å². The Bertz CT molecular complexity index is 561. The smallest absolute Gasteiger partial charge is 0.261 e. The van der Waals surface area contributed by atoms with Gasteiger partial charge in [0.15, 0.2) is 0 Å². The Balaban J connectivity index is 2.00. The van der Waals surface area contributed by atoms with Gasteiger partial charge in [0, 0.05) is 12.5 Å². The van der Waals surface area contributed by atoms with Crippen LogP contribution in [0.25, 0.3) is 0 Å². The van der Waals surface area contributed by atoms with E-state index in [1.165, 1.54) is 11.3 Å². The molecule has 2 N–H and O–H groups in total. The lowest BCUT2D eigenvalue weighted by Crippen LogP contribution is -2.29. The zero-order valence-corrected chi connectivity index (χ0v) is 13.2. The van der Waals surface area contributed by atoms with Gasteiger partial charge < -0.3 is 10.4 Å². The average Bonchev–Trinajstić information content (AvgIpc) is 2.77. The van der Waals surface area contributed by atoms with Crippen LogP contribution in [0.15, 0.2) is 12.1 Å². The van der Waals surface area contributed by atoms with Gasteiger partial charge >= 0.3 is 0 Å². The molecule has 0 unspecified atom stereocenters. The second-order valence-electron chi connectivity index (χ2n) is 6.29. The van der Waals surface area contributed by atoms with Crippen LogP contribution in [0.2, 0.25) is 0 Å². The van der Waals surface area contributed by atoms with E-state index in [2.05, 4.69) is 44.9 Å². The minimum absolute atomic E-state index is 0.0196. The Hall–Kier alpha value is -1.31. The molecule has 0 saturated heterocycles. The van der Waals surface area contributed by atoms with Crippen LogP contribution in [0, 0.1) is 22.7 Å². The summed E-state index contributed by atoms with van der Waals surface area (Å²) < 4.78 is 0. The average molecular weight is 291 g/mol. The first-order valence-corrected chi connectivity index (χ1v) is 7.63. The molecule has 1 amide bonds. The molecule has 1 fully saturated rings. The van der Waals surface area contributed by atoms with Crippen molar-refractivity contribution < 1.29 is 9.90 Å². The standard InChI is InChI=1S/C16H21NO2S/c1-15(2)14(16(15,3)4)17-13(19)12-9-8-11(20-12)7-5-6-10-18/h8-9,14,18H,6,10H2,1-4H3,(H,17,19). The maximum absolute atomic E-state index is 12.2. The minimum Gasteiger partial charge on any atom is -0.395 e. The van der Waals surface area contributed by atoms with E-state index in [0.29, 0.717) is 11.3 Å². The Labute approximate surface area is 124 Å². The van der Waals surface area contributed by atoms with Crippen LogP contribution >= 0.6 is 11.3 Å². The van der Waals surface area contributed by atoms with Crippen molar-refractivity contribution in [2.24, 2.45) is 10.8 Å². The fourth-order valence-electron chi connectivity index (χ4n) is 2.49. The molecule has 1 saturated carbocycles. The fraction of sp³-hybridized carbons (Fsp3) is 0.562. The number of carbonyl (C=O) groups excluding carboxylic acids is 1. The molecule has 0 atom stereocenters. The normalized spacial score (nSPS) is 19.1. The van der Waals surface area contributed by atoms with Gasteiger partial charge in [0.25, 0.3) is 5.91 Å². The highest BCUT2D eigenvalue weighted by Gasteiger charge is 2.65. The maximum Gasteiger partial charge on any atom is 0.261 e. The predicted molar refractivity (Wildman–Crippen MR) is 81.7 cm³/mol. The summed E-state index contributed by atoms with van der Waals surface area (Å²) in [5, 5.41) is 11.8. The zero-order chi connectivity index (χ0) is 15.0. The molecule has 1 aromatic heterocycles. The van der Waals surface area contributed by atoms with E-state index in [1.54, 1.807) is 0 Å². The number of aliphatic hydroxyl groups excluding tert-OH is 1. The van der Waals surface area contributed by atoms with Crippen LogP contribution in [-0.2, 0) is 0 Å². The number of amides is 1. The fourth-order valence-corrected chi connectivity index (χ4v) is 3.28. The van der Waals surface area contributed by atoms with Crippen LogP contribution in [0.3, 0.4) is 0 Å². The number of hydrogen-bond donors (Lipinski definition) is 2. The van der Waals surface area contributed by atoms with Crippen molar-refractivity contribution in [3.63, 3.8) is 0 Å². The van der Waals surface area contributed by atoms with E-state index in [1.807, 2.05) is 12.1 Å². The Morgan fingerprint density at radius 2 is 2.00 bits per heavy atom. The summed E-state index contributed by atoms with van der Waals surface area (Å²) in [5.41, 5.74) is 0.285. The first-order chi connectivity index (χ1) is 9.30. The molecule has 1 aliphatic carbocycles. The van der Waals surface area contributed by atoms with Gasteiger partial charge in [-0.05, 0) is 23.0 Å². The number of aliphatic hydroxyl groups is 1. The highest BCUT2D eigenvalue weighted by atomic mass is 32.1. The van der Waals surface area contributed by atoms with Crippen molar-refractivity contribution in [1.82, 2.24) is 5.32 Å². The molecule has 0 aliphatic heterocycles. The van der Waals surface area contributed by atoms with Crippen LogP contribution in [-0.4, -0.2) is 23.7 Å². The summed E-state index contributed by atoms with van der Waals surface area (Å²) >= 11 is 1.39. The highest BCUT2D eigenvalue weighted by molar-refractivity contribution is 7.14. The lowest BCUT2D eigenvalue weighted by Gasteiger charge is -2.04. The van der Waals surface area contributed by atoms with Crippen LogP contribution in [0.1, 0.15) is 48.7 Å². The first kappa shape index (κ1) is 15.1. The Morgan fingerprint density at radius 1 is 1.35 bits per heavy atom. The molecule has 1 heterocycles. The molecule has 3 nitrogen and oxygen atoms in total. The molecular formula is C16H21NO2S. The molecule has 1 aromatic rings. The van der Waals surface area contributed by atoms with Crippen molar-refractivity contribution in [2.45, 2.75) is 40.2 Å². The van der Waals surface area contributed by atoms with Gasteiger partial charge in [-0.25, -0.2) is 0 Å². The molecule has 108 valence electrons. The van der Waals surface area contributed by atoms with E-state index in [0.717, 1.165) is 4.88 Å². The van der Waals surface area contributed by atoms with Crippen LogP contribution < -0.4 is 5.32 Å². The zero-order valence-electron chi connectivity index (χ0n) is 12.4. The molecular weight excluding hydrogens is 270 g/mol. The van der Waals surface area contributed by atoms with E-state index >= 15 is 0 Å². The van der Waals surface area contributed by atoms with E-state index in [-0.39, 0.29) is 29.4 Å². The quantitative estimate of drug-likeness (QED) is 0.841. The summed E-state index contributed by atoms with van der Waals surface area (Å²) in [6, 6.07) is 3.88. The van der Waals surface area contributed by atoms with Crippen LogP contribution in [0.5, 0.6) is 0 Å². The number of thiophene rings is 1. The molecule has 1 aliphatic rings. The van der Waals surface area contributed by atoms with Gasteiger partial charge in [0.2, 0.25) is 0 Å². The minimum atomic E-state index is -0.0196. The predicted octanol–water partition coefficient (Wildman–Crippen LogP) is 2.65. The van der Waals surface area contributed by atoms with E-state index in [4.69, 9.17) is 5.11 Å². The summed E-state index contributed by atoms with van der Waals surface area (Å²) in [4.78, 5) is 13.8. The summed E-state index contributed by atoms with van der Waals surface area (Å²) in [7, 11) is 0. The van der Waals surface area contributed by atoms with Crippen molar-refractivity contribution >= 4 is 17.2 Å². The van der Waals surface area contributed by atoms with Gasteiger partial charge in [0.1, 0.15) is 0 Å². The Kier molecular flexibility index (Phi) is 3.95. The molecule has 0 bridgehead atoms. The third-order valence-electron chi connectivity index (χ3n) is 4.57. The van der Waals surface area contributed by atoms with E-state index < -0.39 is 0 Å². The monoisotopic (exact) mass is 291 g/mol. The van der Waals surface area contributed by atoms with Crippen molar-refractivity contribution in [2.75, 3.05) is 6.61 Å². The summed E-state index contributed by atoms with van der Waals surface area (Å²) in [5.74, 6) is 5.79. The molecule has 20 heavy (non-hydrogen) atoms. The second-order valence-corrected chi connectivity index (χ2v) is 7.37. The topological polar surface area (TPSA) is 49.3 Å². The highest BCUT2D eigenvalue weighted by Crippen LogP contribution is 2.62. The lowest BCUT2D eigenvalue weighted by atomic mass is 10.0. The van der Waals surface area contributed by atoms with Gasteiger partial charge in [0.05, 0.1) is 16.4 Å². The van der Waals surface area contributed by atoms with Crippen molar-refractivity contribution in [3.05, 3.63) is 21.9 Å². The van der Waals surface area contributed by atoms with Crippen molar-refractivity contribution in [3.8, 4) is 11.8 Å². The number of nitrogens with one attached hydrogen (secondary N) is 1. The molecule has 0 aromatic carbocycles. The molecule has 0 radical (unpaired) electrons. The lowest BCUT2D eigenvalue weighted by molar-refractivity contribution is 0.0947. The van der Waals surface area contributed by atoms with Crippen LogP contribution in [0.4, 0.5) is 0 Å². The molecule has 2 rings (SSSR count). The number of hydrogen-bond acceptors (Lipinski definition) is 3. The summed E-state index contributed by atoms with van der Waals surface area (Å²) in [6.45, 7) is 8.78. The first-order valence-electron chi connectivity index (χ1n) is 6.81. The third-order valence-corrected chi connectivity index (χ3v) is 5.57. The molecule has 0 spiro atoms. The van der Waals surface area contributed by atoms with Gasteiger partial charge in [-0.15, -0.1) is 11.3 Å². The molecule has 4 heteroatoms. The Morgan fingerprint density at radius 3 is 2.55 bits per heavy atom. The van der Waals surface area contributed by atoms with Gasteiger partial charge in [-0.2, -0.15) is 0 Å². The number of carbonyl (C=O) groups is 1.